The van der Waals surface area contributed by atoms with Crippen LogP contribution in [0.25, 0.3) is 0 Å². The van der Waals surface area contributed by atoms with Crippen LogP contribution in [0.2, 0.25) is 0 Å². The van der Waals surface area contributed by atoms with Crippen LogP contribution in [0.15, 0.2) is 24.3 Å². The van der Waals surface area contributed by atoms with Crippen molar-refractivity contribution < 1.29 is 43.2 Å². The molecule has 0 aromatic carbocycles. The molecule has 0 saturated carbocycles. The molecule has 0 amide bonds. The molecule has 0 aromatic heterocycles. The number of aliphatic hydroxyl groups excluding tert-OH is 1. The first-order valence-corrected chi connectivity index (χ1v) is 20.5. The first-order chi connectivity index (χ1) is 24.9. The highest BCUT2D eigenvalue weighted by Gasteiger charge is 2.17. The van der Waals surface area contributed by atoms with Crippen molar-refractivity contribution in [2.75, 3.05) is 39.6 Å². The third-order valence-corrected chi connectivity index (χ3v) is 8.73. The second-order valence-electron chi connectivity index (χ2n) is 13.6. The van der Waals surface area contributed by atoms with E-state index >= 15 is 0 Å². The van der Waals surface area contributed by atoms with Gasteiger partial charge in [-0.05, 0) is 76.5 Å². The molecule has 51 heavy (non-hydrogen) atoms. The van der Waals surface area contributed by atoms with Crippen molar-refractivity contribution in [3.8, 4) is 0 Å². The number of allylic oxidation sites excluding steroid dienone is 4. The predicted octanol–water partition coefficient (Wildman–Crippen LogP) is 9.97. The minimum Gasteiger partial charge on any atom is -0.466 e. The molecule has 0 heterocycles. The summed E-state index contributed by atoms with van der Waals surface area (Å²) in [6.45, 7) is 9.90. The number of esters is 3. The van der Waals surface area contributed by atoms with Crippen LogP contribution in [-0.2, 0) is 38.1 Å². The standard InChI is InChI=1S/C42H76O9/c1-5-9-13-15-17-22-31-48-42(49-32-23-18-16-14-10-6-2)29-28-41(46)51-36-38(34-43)35-50-40(45)27-21-20-26-39(44)47-33-30-37(24-12-8-4)25-19-11-7-3/h9-10,13-14,37-38,42-43H,5-8,11-12,15-36H2,1-4H3/b13-9-,14-10-. The number of unbranched alkanes of at least 4 members (excludes halogenated alkanes) is 8. The molecule has 1 N–H and O–H groups in total. The Kier molecular flexibility index (Phi) is 35.9. The third kappa shape index (κ3) is 33.4. The van der Waals surface area contributed by atoms with Crippen LogP contribution in [-0.4, -0.2) is 68.9 Å². The van der Waals surface area contributed by atoms with E-state index in [-0.39, 0.29) is 45.1 Å². The number of ether oxygens (including phenoxy) is 5. The quantitative estimate of drug-likeness (QED) is 0.0220. The Bertz CT molecular complexity index is 848. The van der Waals surface area contributed by atoms with E-state index in [1.165, 1.54) is 44.9 Å². The molecule has 9 nitrogen and oxygen atoms in total. The fourth-order valence-electron chi connectivity index (χ4n) is 5.46. The normalized spacial score (nSPS) is 12.9. The first kappa shape index (κ1) is 48.8. The highest BCUT2D eigenvalue weighted by atomic mass is 16.7. The summed E-state index contributed by atoms with van der Waals surface area (Å²) >= 11 is 0. The van der Waals surface area contributed by atoms with Crippen LogP contribution in [0.4, 0.5) is 0 Å². The zero-order valence-corrected chi connectivity index (χ0v) is 33.1. The van der Waals surface area contributed by atoms with Crippen molar-refractivity contribution in [2.24, 2.45) is 11.8 Å². The van der Waals surface area contributed by atoms with Gasteiger partial charge in [-0.15, -0.1) is 0 Å². The summed E-state index contributed by atoms with van der Waals surface area (Å²) in [5.74, 6) is -0.927. The Hall–Kier alpha value is -2.23. The molecule has 9 heteroatoms. The maximum absolute atomic E-state index is 12.5. The first-order valence-electron chi connectivity index (χ1n) is 20.5. The highest BCUT2D eigenvalue weighted by Crippen LogP contribution is 2.20. The number of aliphatic hydroxyl groups is 1. The van der Waals surface area contributed by atoms with Gasteiger partial charge in [0, 0.05) is 32.5 Å². The molecule has 0 aromatic rings. The van der Waals surface area contributed by atoms with Crippen molar-refractivity contribution in [1.29, 1.82) is 0 Å². The van der Waals surface area contributed by atoms with E-state index in [2.05, 4.69) is 52.0 Å². The average Bonchev–Trinajstić information content (AvgIpc) is 3.13. The van der Waals surface area contributed by atoms with Gasteiger partial charge in [0.25, 0.3) is 0 Å². The minimum atomic E-state index is -0.511. The van der Waals surface area contributed by atoms with Gasteiger partial charge >= 0.3 is 17.9 Å². The lowest BCUT2D eigenvalue weighted by Crippen LogP contribution is -2.25. The Morgan fingerprint density at radius 2 is 1.04 bits per heavy atom. The lowest BCUT2D eigenvalue weighted by Gasteiger charge is -2.19. The summed E-state index contributed by atoms with van der Waals surface area (Å²) in [5.41, 5.74) is 0. The molecule has 0 bridgehead atoms. The molecular formula is C42H76O9. The Morgan fingerprint density at radius 3 is 1.57 bits per heavy atom. The Balaban J connectivity index is 4.32. The molecule has 0 radical (unpaired) electrons. The fourth-order valence-corrected chi connectivity index (χ4v) is 5.46. The number of rotatable bonds is 37. The molecular weight excluding hydrogens is 648 g/mol. The number of carbonyl (C=O) groups is 3. The molecule has 2 atom stereocenters. The van der Waals surface area contributed by atoms with E-state index in [9.17, 15) is 19.5 Å². The zero-order valence-electron chi connectivity index (χ0n) is 33.1. The van der Waals surface area contributed by atoms with Crippen molar-refractivity contribution in [3.05, 3.63) is 24.3 Å². The Morgan fingerprint density at radius 1 is 0.510 bits per heavy atom. The van der Waals surface area contributed by atoms with Gasteiger partial charge in [0.2, 0.25) is 0 Å². The summed E-state index contributed by atoms with van der Waals surface area (Å²) in [6.07, 6.45) is 27.7. The van der Waals surface area contributed by atoms with Crippen molar-refractivity contribution in [3.63, 3.8) is 0 Å². The number of carbonyl (C=O) groups excluding carboxylic acids is 3. The second kappa shape index (κ2) is 37.5. The van der Waals surface area contributed by atoms with E-state index in [1.807, 2.05) is 0 Å². The second-order valence-corrected chi connectivity index (χ2v) is 13.6. The molecule has 0 aliphatic rings. The van der Waals surface area contributed by atoms with Gasteiger partial charge < -0.3 is 28.8 Å². The van der Waals surface area contributed by atoms with E-state index in [0.29, 0.717) is 45.0 Å². The van der Waals surface area contributed by atoms with E-state index < -0.39 is 24.1 Å². The molecule has 0 fully saturated rings. The summed E-state index contributed by atoms with van der Waals surface area (Å²) in [6, 6.07) is 0. The van der Waals surface area contributed by atoms with E-state index in [1.54, 1.807) is 0 Å². The zero-order chi connectivity index (χ0) is 37.6. The average molecular weight is 725 g/mol. The van der Waals surface area contributed by atoms with Crippen LogP contribution in [0.3, 0.4) is 0 Å². The van der Waals surface area contributed by atoms with Crippen molar-refractivity contribution >= 4 is 17.9 Å². The minimum absolute atomic E-state index is 0.0438. The van der Waals surface area contributed by atoms with Crippen molar-refractivity contribution in [1.82, 2.24) is 0 Å². The number of hydrogen-bond donors (Lipinski definition) is 1. The largest absolute Gasteiger partial charge is 0.466 e. The molecule has 0 aliphatic heterocycles. The van der Waals surface area contributed by atoms with Gasteiger partial charge in [0.1, 0.15) is 0 Å². The lowest BCUT2D eigenvalue weighted by atomic mass is 9.93. The molecule has 2 unspecified atom stereocenters. The Labute approximate surface area is 311 Å². The fraction of sp³-hybridized carbons (Fsp3) is 0.833. The lowest BCUT2D eigenvalue weighted by molar-refractivity contribution is -0.161. The van der Waals surface area contributed by atoms with Gasteiger partial charge in [-0.2, -0.15) is 0 Å². The van der Waals surface area contributed by atoms with Gasteiger partial charge in [-0.3, -0.25) is 14.4 Å². The summed E-state index contributed by atoms with van der Waals surface area (Å²) in [4.78, 5) is 36.9. The van der Waals surface area contributed by atoms with Crippen molar-refractivity contribution in [2.45, 2.75) is 175 Å². The summed E-state index contributed by atoms with van der Waals surface area (Å²) in [7, 11) is 0. The monoisotopic (exact) mass is 725 g/mol. The van der Waals surface area contributed by atoms with Gasteiger partial charge in [-0.1, -0.05) is 96.9 Å². The smallest absolute Gasteiger partial charge is 0.305 e. The molecule has 0 saturated heterocycles. The predicted molar refractivity (Wildman–Crippen MR) is 205 cm³/mol. The van der Waals surface area contributed by atoms with Crippen LogP contribution in [0.1, 0.15) is 169 Å². The molecule has 0 spiro atoms. The van der Waals surface area contributed by atoms with Crippen LogP contribution >= 0.6 is 0 Å². The van der Waals surface area contributed by atoms with Gasteiger partial charge in [0.05, 0.1) is 38.8 Å². The molecule has 0 rings (SSSR count). The van der Waals surface area contributed by atoms with Gasteiger partial charge in [0.15, 0.2) is 6.29 Å². The maximum atomic E-state index is 12.5. The number of hydrogen-bond acceptors (Lipinski definition) is 9. The topological polar surface area (TPSA) is 118 Å². The van der Waals surface area contributed by atoms with Crippen LogP contribution < -0.4 is 0 Å². The third-order valence-electron chi connectivity index (χ3n) is 8.73. The summed E-state index contributed by atoms with van der Waals surface area (Å²) < 4.78 is 28.1. The van der Waals surface area contributed by atoms with Crippen LogP contribution in [0.5, 0.6) is 0 Å². The summed E-state index contributed by atoms with van der Waals surface area (Å²) in [5, 5.41) is 9.74. The van der Waals surface area contributed by atoms with Gasteiger partial charge in [-0.25, -0.2) is 0 Å². The van der Waals surface area contributed by atoms with Crippen LogP contribution in [0, 0.1) is 11.8 Å². The van der Waals surface area contributed by atoms with E-state index in [4.69, 9.17) is 23.7 Å². The molecule has 298 valence electrons. The van der Waals surface area contributed by atoms with E-state index in [0.717, 1.165) is 57.8 Å². The SMILES string of the molecule is CC/C=C\CCCCOC(CCC(=O)OCC(CO)COC(=O)CCCCC(=O)OCCC(CCCC)CCCCC)OCCCC/C=C\CC. The maximum Gasteiger partial charge on any atom is 0.305 e. The highest BCUT2D eigenvalue weighted by molar-refractivity contribution is 5.70. The molecule has 0 aliphatic carbocycles.